The highest BCUT2D eigenvalue weighted by molar-refractivity contribution is 5.99. The molecule has 0 fully saturated rings. The summed E-state index contributed by atoms with van der Waals surface area (Å²) in [5.74, 6) is 0.496. The zero-order valence-corrected chi connectivity index (χ0v) is 20.8. The van der Waals surface area contributed by atoms with E-state index in [1.54, 1.807) is 28.8 Å². The molecule has 1 atom stereocenters. The number of ketones is 1. The SMILES string of the molecule is CCCCC[C@H](N)C(=O)Nc1ccc(C(=O)Cn2c(-c3nonc3NCCN)nc3ccccc32)cc1. The lowest BCUT2D eigenvalue weighted by Crippen LogP contribution is -2.35. The number of rotatable bonds is 13. The molecule has 0 aliphatic carbocycles. The number of nitrogens with two attached hydrogens (primary N) is 2. The number of Topliss-reactive ketones (excluding diaryl/α,β-unsaturated/α-hetero) is 1. The summed E-state index contributed by atoms with van der Waals surface area (Å²) in [6.45, 7) is 3.01. The van der Waals surface area contributed by atoms with Gasteiger partial charge in [0.25, 0.3) is 0 Å². The maximum absolute atomic E-state index is 13.3. The Hall–Kier alpha value is -4.09. The lowest BCUT2D eigenvalue weighted by molar-refractivity contribution is -0.117. The van der Waals surface area contributed by atoms with Crippen LogP contribution in [0.5, 0.6) is 0 Å². The molecule has 6 N–H and O–H groups in total. The van der Waals surface area contributed by atoms with Gasteiger partial charge in [0.1, 0.15) is 0 Å². The fourth-order valence-corrected chi connectivity index (χ4v) is 4.01. The number of anilines is 2. The molecule has 0 aliphatic heterocycles. The monoisotopic (exact) mass is 504 g/mol. The highest BCUT2D eigenvalue weighted by Gasteiger charge is 2.22. The van der Waals surface area contributed by atoms with Crippen molar-refractivity contribution in [1.82, 2.24) is 19.9 Å². The average molecular weight is 505 g/mol. The Morgan fingerprint density at radius 1 is 1.08 bits per heavy atom. The molecule has 11 heteroatoms. The quantitative estimate of drug-likeness (QED) is 0.158. The molecule has 0 bridgehead atoms. The number of carbonyl (C=O) groups excluding carboxylic acids is 2. The molecule has 37 heavy (non-hydrogen) atoms. The average Bonchev–Trinajstić information content (AvgIpc) is 3.52. The topological polar surface area (TPSA) is 167 Å². The van der Waals surface area contributed by atoms with Crippen molar-refractivity contribution in [2.24, 2.45) is 11.5 Å². The molecule has 4 rings (SSSR count). The summed E-state index contributed by atoms with van der Waals surface area (Å²) in [7, 11) is 0. The molecule has 0 saturated carbocycles. The molecule has 2 aromatic carbocycles. The van der Waals surface area contributed by atoms with Crippen LogP contribution in [-0.2, 0) is 11.3 Å². The molecule has 11 nitrogen and oxygen atoms in total. The number of benzene rings is 2. The number of aromatic nitrogens is 4. The Bertz CT molecular complexity index is 1350. The molecule has 4 aromatic rings. The van der Waals surface area contributed by atoms with Crippen LogP contribution in [0.15, 0.2) is 53.2 Å². The predicted octanol–water partition coefficient (Wildman–Crippen LogP) is 3.19. The Balaban J connectivity index is 1.51. The largest absolute Gasteiger partial charge is 0.364 e. The Kier molecular flexibility index (Phi) is 8.60. The molecule has 0 spiro atoms. The maximum atomic E-state index is 13.3. The molecule has 0 saturated heterocycles. The fraction of sp³-hybridized carbons (Fsp3) is 0.346. The van der Waals surface area contributed by atoms with Crippen molar-refractivity contribution in [3.8, 4) is 11.5 Å². The van der Waals surface area contributed by atoms with Gasteiger partial charge >= 0.3 is 0 Å². The van der Waals surface area contributed by atoms with Crippen LogP contribution in [0.25, 0.3) is 22.6 Å². The third-order valence-corrected chi connectivity index (χ3v) is 6.02. The molecule has 194 valence electrons. The first-order chi connectivity index (χ1) is 18.0. The van der Waals surface area contributed by atoms with Crippen LogP contribution in [0.1, 0.15) is 43.0 Å². The summed E-state index contributed by atoms with van der Waals surface area (Å²) in [6, 6.07) is 13.7. The second-order valence-electron chi connectivity index (χ2n) is 8.78. The second-order valence-corrected chi connectivity index (χ2v) is 8.78. The van der Waals surface area contributed by atoms with Crippen LogP contribution < -0.4 is 22.1 Å². The van der Waals surface area contributed by atoms with Crippen LogP contribution in [0.3, 0.4) is 0 Å². The summed E-state index contributed by atoms with van der Waals surface area (Å²) in [6.07, 6.45) is 3.67. The normalized spacial score (nSPS) is 12.0. The lowest BCUT2D eigenvalue weighted by atomic mass is 10.1. The second kappa shape index (κ2) is 12.2. The number of fused-ring (bicyclic) bond motifs is 1. The van der Waals surface area contributed by atoms with Gasteiger partial charge in [0.2, 0.25) is 11.7 Å². The molecular weight excluding hydrogens is 472 g/mol. The molecule has 2 aromatic heterocycles. The van der Waals surface area contributed by atoms with Crippen LogP contribution >= 0.6 is 0 Å². The molecule has 0 aliphatic rings. The van der Waals surface area contributed by atoms with Crippen LogP contribution in [0.2, 0.25) is 0 Å². The van der Waals surface area contributed by atoms with Gasteiger partial charge in [-0.25, -0.2) is 9.61 Å². The van der Waals surface area contributed by atoms with Crippen LogP contribution in [0.4, 0.5) is 11.5 Å². The number of hydrogen-bond donors (Lipinski definition) is 4. The van der Waals surface area contributed by atoms with Gasteiger partial charge in [-0.1, -0.05) is 38.3 Å². The van der Waals surface area contributed by atoms with Crippen molar-refractivity contribution in [2.45, 2.75) is 45.2 Å². The van der Waals surface area contributed by atoms with Crippen molar-refractivity contribution in [3.05, 3.63) is 54.1 Å². The number of imidazole rings is 1. The number of nitrogens with zero attached hydrogens (tertiary/aromatic N) is 4. The van der Waals surface area contributed by atoms with Crippen molar-refractivity contribution in [2.75, 3.05) is 23.7 Å². The van der Waals surface area contributed by atoms with Gasteiger partial charge in [-0.15, -0.1) is 0 Å². The number of para-hydroxylation sites is 2. The third kappa shape index (κ3) is 6.19. The molecule has 1 amide bonds. The summed E-state index contributed by atoms with van der Waals surface area (Å²) in [5, 5.41) is 13.8. The zero-order chi connectivity index (χ0) is 26.2. The third-order valence-electron chi connectivity index (χ3n) is 6.02. The molecule has 0 unspecified atom stereocenters. The van der Waals surface area contributed by atoms with Crippen molar-refractivity contribution in [3.63, 3.8) is 0 Å². The van der Waals surface area contributed by atoms with Crippen LogP contribution in [-0.4, -0.2) is 50.7 Å². The standard InChI is InChI=1S/C26H32N8O3/c1-2-3-4-7-19(28)26(36)30-18-12-10-17(11-13-18)22(35)16-34-21-9-6-5-8-20(21)31-25(34)23-24(29-15-14-27)33-37-32-23/h5-6,8-13,19H,2-4,7,14-16,27-28H2,1H3,(H,29,33)(H,30,36)/t19-/m0/s1. The Morgan fingerprint density at radius 2 is 1.86 bits per heavy atom. The first-order valence-electron chi connectivity index (χ1n) is 12.4. The van der Waals surface area contributed by atoms with Gasteiger partial charge in [-0.2, -0.15) is 0 Å². The van der Waals surface area contributed by atoms with E-state index in [4.69, 9.17) is 16.1 Å². The van der Waals surface area contributed by atoms with Crippen LogP contribution in [0, 0.1) is 0 Å². The van der Waals surface area contributed by atoms with E-state index in [-0.39, 0.29) is 18.2 Å². The van der Waals surface area contributed by atoms with E-state index >= 15 is 0 Å². The van der Waals surface area contributed by atoms with E-state index in [2.05, 4.69) is 32.9 Å². The summed E-state index contributed by atoms with van der Waals surface area (Å²) in [4.78, 5) is 30.3. The summed E-state index contributed by atoms with van der Waals surface area (Å²) in [5.41, 5.74) is 14.6. The highest BCUT2D eigenvalue weighted by Crippen LogP contribution is 2.28. The Labute approximate surface area is 214 Å². The zero-order valence-electron chi connectivity index (χ0n) is 20.8. The van der Waals surface area contributed by atoms with E-state index in [9.17, 15) is 9.59 Å². The summed E-state index contributed by atoms with van der Waals surface area (Å²) >= 11 is 0. The first-order valence-corrected chi connectivity index (χ1v) is 12.4. The van der Waals surface area contributed by atoms with Gasteiger partial charge in [0, 0.05) is 24.3 Å². The number of nitrogens with one attached hydrogen (secondary N) is 2. The minimum absolute atomic E-state index is 0.0209. The first kappa shape index (κ1) is 26.0. The predicted molar refractivity (Wildman–Crippen MR) is 142 cm³/mol. The fourth-order valence-electron chi connectivity index (χ4n) is 4.01. The maximum Gasteiger partial charge on any atom is 0.241 e. The van der Waals surface area contributed by atoms with E-state index in [1.807, 2.05) is 24.3 Å². The highest BCUT2D eigenvalue weighted by atomic mass is 16.6. The van der Waals surface area contributed by atoms with E-state index in [1.165, 1.54) is 0 Å². The van der Waals surface area contributed by atoms with Gasteiger partial charge in [-0.05, 0) is 53.1 Å². The van der Waals surface area contributed by atoms with Crippen molar-refractivity contribution in [1.29, 1.82) is 0 Å². The minimum atomic E-state index is -0.559. The van der Waals surface area contributed by atoms with Gasteiger partial charge < -0.3 is 26.7 Å². The van der Waals surface area contributed by atoms with Gasteiger partial charge in [0.15, 0.2) is 17.3 Å². The minimum Gasteiger partial charge on any atom is -0.364 e. The number of hydrogen-bond acceptors (Lipinski definition) is 9. The van der Waals surface area contributed by atoms with E-state index in [0.717, 1.165) is 24.8 Å². The van der Waals surface area contributed by atoms with Crippen molar-refractivity contribution < 1.29 is 14.2 Å². The van der Waals surface area contributed by atoms with E-state index in [0.29, 0.717) is 53.6 Å². The van der Waals surface area contributed by atoms with E-state index < -0.39 is 6.04 Å². The van der Waals surface area contributed by atoms with Gasteiger partial charge in [-0.3, -0.25) is 9.59 Å². The lowest BCUT2D eigenvalue weighted by Gasteiger charge is -2.12. The summed E-state index contributed by atoms with van der Waals surface area (Å²) < 4.78 is 6.73. The number of carbonyl (C=O) groups is 2. The number of amides is 1. The number of unbranched alkanes of at least 4 members (excludes halogenated alkanes) is 2. The smallest absolute Gasteiger partial charge is 0.241 e. The van der Waals surface area contributed by atoms with Crippen molar-refractivity contribution >= 4 is 34.2 Å². The van der Waals surface area contributed by atoms with Gasteiger partial charge in [0.05, 0.1) is 23.6 Å². The Morgan fingerprint density at radius 3 is 2.62 bits per heavy atom. The molecule has 2 heterocycles. The molecular formula is C26H32N8O3. The molecule has 0 radical (unpaired) electrons.